The van der Waals surface area contributed by atoms with Gasteiger partial charge in [0.1, 0.15) is 5.56 Å². The third-order valence-electron chi connectivity index (χ3n) is 3.36. The number of nitro groups is 1. The Kier molecular flexibility index (Phi) is 4.10. The van der Waals surface area contributed by atoms with Gasteiger partial charge in [0.05, 0.1) is 15.5 Å². The highest BCUT2D eigenvalue weighted by atomic mass is 79.9. The molecule has 0 unspecified atom stereocenters. The first-order valence-electron chi connectivity index (χ1n) is 5.80. The standard InChI is InChI=1S/C12H12BrClN2O3/c13-7-12(5-2-6-12)15-11(17)10-8(14)3-1-4-9(10)16(18)19/h1,3-4H,2,5-7H2,(H,15,17). The van der Waals surface area contributed by atoms with Gasteiger partial charge in [-0.2, -0.15) is 0 Å². The molecule has 0 heterocycles. The fourth-order valence-corrected chi connectivity index (χ4v) is 3.04. The second-order valence-electron chi connectivity index (χ2n) is 4.61. The number of hydrogen-bond acceptors (Lipinski definition) is 3. The monoisotopic (exact) mass is 346 g/mol. The summed E-state index contributed by atoms with van der Waals surface area (Å²) >= 11 is 9.29. The van der Waals surface area contributed by atoms with Crippen molar-refractivity contribution in [2.75, 3.05) is 5.33 Å². The second kappa shape index (κ2) is 5.46. The van der Waals surface area contributed by atoms with E-state index in [1.165, 1.54) is 18.2 Å². The quantitative estimate of drug-likeness (QED) is 0.516. The van der Waals surface area contributed by atoms with Crippen molar-refractivity contribution < 1.29 is 9.72 Å². The minimum atomic E-state index is -0.595. The van der Waals surface area contributed by atoms with Gasteiger partial charge >= 0.3 is 0 Å². The molecule has 1 N–H and O–H groups in total. The fourth-order valence-electron chi connectivity index (χ4n) is 2.09. The number of rotatable bonds is 4. The van der Waals surface area contributed by atoms with Crippen molar-refractivity contribution in [1.82, 2.24) is 5.32 Å². The molecule has 0 aromatic heterocycles. The normalized spacial score (nSPS) is 16.5. The fraction of sp³-hybridized carbons (Fsp3) is 0.417. The first kappa shape index (κ1) is 14.3. The van der Waals surface area contributed by atoms with Gasteiger partial charge in [0, 0.05) is 11.4 Å². The van der Waals surface area contributed by atoms with Crippen LogP contribution in [0.3, 0.4) is 0 Å². The van der Waals surface area contributed by atoms with Gasteiger partial charge in [0.25, 0.3) is 11.6 Å². The minimum Gasteiger partial charge on any atom is -0.345 e. The number of alkyl halides is 1. The van der Waals surface area contributed by atoms with E-state index in [1.54, 1.807) is 0 Å². The Morgan fingerprint density at radius 3 is 2.68 bits per heavy atom. The maximum atomic E-state index is 12.2. The van der Waals surface area contributed by atoms with E-state index in [4.69, 9.17) is 11.6 Å². The zero-order chi connectivity index (χ0) is 14.0. The number of halogens is 2. The lowest BCUT2D eigenvalue weighted by Crippen LogP contribution is -2.55. The Labute approximate surface area is 123 Å². The van der Waals surface area contributed by atoms with E-state index in [9.17, 15) is 14.9 Å². The first-order valence-corrected chi connectivity index (χ1v) is 7.30. The third kappa shape index (κ3) is 2.74. The molecule has 0 spiro atoms. The number of amides is 1. The van der Waals surface area contributed by atoms with Crippen molar-refractivity contribution in [1.29, 1.82) is 0 Å². The Morgan fingerprint density at radius 2 is 2.21 bits per heavy atom. The molecule has 1 saturated carbocycles. The van der Waals surface area contributed by atoms with E-state index in [-0.39, 0.29) is 21.8 Å². The molecule has 7 heteroatoms. The molecule has 0 saturated heterocycles. The molecule has 0 radical (unpaired) electrons. The van der Waals surface area contributed by atoms with E-state index in [0.717, 1.165) is 19.3 Å². The highest BCUT2D eigenvalue weighted by Crippen LogP contribution is 2.35. The maximum absolute atomic E-state index is 12.2. The number of nitrogens with one attached hydrogen (secondary N) is 1. The summed E-state index contributed by atoms with van der Waals surface area (Å²) in [6.07, 6.45) is 2.76. The lowest BCUT2D eigenvalue weighted by atomic mass is 9.78. The largest absolute Gasteiger partial charge is 0.345 e. The molecule has 1 fully saturated rings. The summed E-state index contributed by atoms with van der Waals surface area (Å²) in [5.74, 6) is -0.489. The molecule has 1 aromatic rings. The van der Waals surface area contributed by atoms with Gasteiger partial charge in [-0.05, 0) is 25.3 Å². The predicted octanol–water partition coefficient (Wildman–Crippen LogP) is 3.30. The molecule has 102 valence electrons. The summed E-state index contributed by atoms with van der Waals surface area (Å²) in [7, 11) is 0. The van der Waals surface area contributed by atoms with Crippen molar-refractivity contribution in [3.8, 4) is 0 Å². The van der Waals surface area contributed by atoms with Gasteiger partial charge in [0.15, 0.2) is 0 Å². The summed E-state index contributed by atoms with van der Waals surface area (Å²) in [4.78, 5) is 22.6. The van der Waals surface area contributed by atoms with E-state index < -0.39 is 10.8 Å². The Morgan fingerprint density at radius 1 is 1.53 bits per heavy atom. The van der Waals surface area contributed by atoms with E-state index in [0.29, 0.717) is 5.33 Å². The lowest BCUT2D eigenvalue weighted by Gasteiger charge is -2.41. The van der Waals surface area contributed by atoms with Gasteiger partial charge in [-0.1, -0.05) is 33.6 Å². The molecular formula is C12H12BrClN2O3. The van der Waals surface area contributed by atoms with Crippen LogP contribution in [0.4, 0.5) is 5.69 Å². The van der Waals surface area contributed by atoms with Crippen LogP contribution in [-0.4, -0.2) is 21.7 Å². The van der Waals surface area contributed by atoms with Gasteiger partial charge in [-0.3, -0.25) is 14.9 Å². The van der Waals surface area contributed by atoms with Crippen molar-refractivity contribution >= 4 is 39.1 Å². The van der Waals surface area contributed by atoms with Crippen LogP contribution in [0.25, 0.3) is 0 Å². The van der Waals surface area contributed by atoms with Gasteiger partial charge in [-0.25, -0.2) is 0 Å². The number of carbonyl (C=O) groups is 1. The molecule has 2 rings (SSSR count). The Hall–Kier alpha value is -1.14. The van der Waals surface area contributed by atoms with Crippen LogP contribution in [0.5, 0.6) is 0 Å². The average molecular weight is 348 g/mol. The van der Waals surface area contributed by atoms with Crippen LogP contribution in [0.1, 0.15) is 29.6 Å². The van der Waals surface area contributed by atoms with E-state index in [1.807, 2.05) is 0 Å². The molecule has 1 aromatic carbocycles. The molecule has 1 amide bonds. The zero-order valence-electron chi connectivity index (χ0n) is 9.99. The second-order valence-corrected chi connectivity index (χ2v) is 5.58. The number of hydrogen-bond donors (Lipinski definition) is 1. The molecule has 0 bridgehead atoms. The third-order valence-corrected chi connectivity index (χ3v) is 4.75. The number of nitrogens with zero attached hydrogens (tertiary/aromatic N) is 1. The average Bonchev–Trinajstić information content (AvgIpc) is 2.33. The van der Waals surface area contributed by atoms with E-state index in [2.05, 4.69) is 21.2 Å². The molecule has 0 atom stereocenters. The van der Waals surface area contributed by atoms with Crippen LogP contribution in [0.2, 0.25) is 5.02 Å². The topological polar surface area (TPSA) is 72.2 Å². The summed E-state index contributed by atoms with van der Waals surface area (Å²) in [5, 5.41) is 14.5. The van der Waals surface area contributed by atoms with Gasteiger partial charge in [0.2, 0.25) is 0 Å². The first-order chi connectivity index (χ1) is 8.99. The van der Waals surface area contributed by atoms with Gasteiger partial charge in [-0.15, -0.1) is 0 Å². The predicted molar refractivity (Wildman–Crippen MR) is 75.9 cm³/mol. The van der Waals surface area contributed by atoms with Crippen LogP contribution in [0.15, 0.2) is 18.2 Å². The number of nitro benzene ring substituents is 1. The lowest BCUT2D eigenvalue weighted by molar-refractivity contribution is -0.385. The SMILES string of the molecule is O=C(NC1(CBr)CCC1)c1c(Cl)cccc1[N+](=O)[O-]. The zero-order valence-corrected chi connectivity index (χ0v) is 12.3. The van der Waals surface area contributed by atoms with Crippen molar-refractivity contribution in [3.63, 3.8) is 0 Å². The van der Waals surface area contributed by atoms with Gasteiger partial charge < -0.3 is 5.32 Å². The van der Waals surface area contributed by atoms with Crippen LogP contribution < -0.4 is 5.32 Å². The Bertz CT molecular complexity index is 526. The highest BCUT2D eigenvalue weighted by molar-refractivity contribution is 9.09. The summed E-state index contributed by atoms with van der Waals surface area (Å²) in [6.45, 7) is 0. The Balaban J connectivity index is 2.31. The minimum absolute atomic E-state index is 0.0682. The smallest absolute Gasteiger partial charge is 0.283 e. The molecule has 1 aliphatic carbocycles. The maximum Gasteiger partial charge on any atom is 0.283 e. The van der Waals surface area contributed by atoms with Crippen LogP contribution >= 0.6 is 27.5 Å². The van der Waals surface area contributed by atoms with Crippen LogP contribution in [-0.2, 0) is 0 Å². The number of benzene rings is 1. The molecule has 19 heavy (non-hydrogen) atoms. The molecule has 5 nitrogen and oxygen atoms in total. The number of carbonyl (C=O) groups excluding carboxylic acids is 1. The summed E-state index contributed by atoms with van der Waals surface area (Å²) in [5.41, 5.74) is -0.639. The van der Waals surface area contributed by atoms with E-state index >= 15 is 0 Å². The van der Waals surface area contributed by atoms with Crippen molar-refractivity contribution in [3.05, 3.63) is 38.9 Å². The summed E-state index contributed by atoms with van der Waals surface area (Å²) in [6, 6.07) is 4.22. The van der Waals surface area contributed by atoms with Crippen molar-refractivity contribution in [2.24, 2.45) is 0 Å². The van der Waals surface area contributed by atoms with Crippen LogP contribution in [0, 0.1) is 10.1 Å². The van der Waals surface area contributed by atoms with Crippen molar-refractivity contribution in [2.45, 2.75) is 24.8 Å². The highest BCUT2D eigenvalue weighted by Gasteiger charge is 2.39. The summed E-state index contributed by atoms with van der Waals surface area (Å²) < 4.78 is 0. The molecular weight excluding hydrogens is 336 g/mol. The molecule has 0 aliphatic heterocycles. The molecule has 1 aliphatic rings.